The molecule has 1 aliphatic rings. The third-order valence-corrected chi connectivity index (χ3v) is 4.37. The fourth-order valence-electron chi connectivity index (χ4n) is 2.85. The molecule has 1 aliphatic heterocycles. The van der Waals surface area contributed by atoms with Crippen molar-refractivity contribution in [3.8, 4) is 0 Å². The van der Waals surface area contributed by atoms with Gasteiger partial charge in [-0.15, -0.1) is 0 Å². The molecular weight excluding hydrogens is 254 g/mol. The normalized spacial score (nSPS) is 27.3. The summed E-state index contributed by atoms with van der Waals surface area (Å²) in [6.45, 7) is 7.26. The first kappa shape index (κ1) is 14.8. The Hall–Kier alpha value is -1.62. The molecular formula is C15H23N3O2. The minimum Gasteiger partial charge on any atom is -0.382 e. The summed E-state index contributed by atoms with van der Waals surface area (Å²) >= 11 is 0. The number of piperidine rings is 1. The van der Waals surface area contributed by atoms with Crippen LogP contribution in [0, 0.1) is 23.0 Å². The Bertz CT molecular complexity index is 504. The lowest BCUT2D eigenvalue weighted by atomic mass is 9.89. The Morgan fingerprint density at radius 3 is 2.75 bits per heavy atom. The van der Waals surface area contributed by atoms with E-state index in [0.717, 1.165) is 18.7 Å². The number of nitro benzene ring substituents is 1. The maximum absolute atomic E-state index is 11.0. The SMILES string of the molecule is Cc1ccc(NC2CC(C)N(C)CC2C)cc1[N+](=O)[O-]. The molecule has 0 aliphatic carbocycles. The highest BCUT2D eigenvalue weighted by Crippen LogP contribution is 2.27. The molecule has 1 heterocycles. The van der Waals surface area contributed by atoms with E-state index in [1.807, 2.05) is 12.1 Å². The standard InChI is InChI=1S/C15H23N3O2/c1-10-5-6-13(8-15(10)18(19)20)16-14-7-12(3)17(4)9-11(14)2/h5-6,8,11-12,14,16H,7,9H2,1-4H3. The number of nitrogens with one attached hydrogen (secondary N) is 1. The van der Waals surface area contributed by atoms with Crippen molar-refractivity contribution < 1.29 is 4.92 Å². The molecule has 110 valence electrons. The van der Waals surface area contributed by atoms with Gasteiger partial charge in [0.15, 0.2) is 0 Å². The first-order valence-electron chi connectivity index (χ1n) is 7.10. The lowest BCUT2D eigenvalue weighted by molar-refractivity contribution is -0.385. The average Bonchev–Trinajstić information content (AvgIpc) is 2.37. The molecule has 20 heavy (non-hydrogen) atoms. The fourth-order valence-corrected chi connectivity index (χ4v) is 2.85. The lowest BCUT2D eigenvalue weighted by Crippen LogP contribution is -2.48. The zero-order valence-corrected chi connectivity index (χ0v) is 12.6. The predicted molar refractivity (Wildman–Crippen MR) is 81.1 cm³/mol. The lowest BCUT2D eigenvalue weighted by Gasteiger charge is -2.40. The third-order valence-electron chi connectivity index (χ3n) is 4.37. The number of benzene rings is 1. The van der Waals surface area contributed by atoms with E-state index in [1.54, 1.807) is 13.0 Å². The number of likely N-dealkylation sites (tertiary alicyclic amines) is 1. The van der Waals surface area contributed by atoms with E-state index in [-0.39, 0.29) is 10.6 Å². The number of nitro groups is 1. The molecule has 0 radical (unpaired) electrons. The van der Waals surface area contributed by atoms with Crippen LogP contribution in [0.25, 0.3) is 0 Å². The van der Waals surface area contributed by atoms with Gasteiger partial charge in [-0.05, 0) is 39.3 Å². The van der Waals surface area contributed by atoms with E-state index in [0.29, 0.717) is 23.6 Å². The molecule has 5 nitrogen and oxygen atoms in total. The molecule has 5 heteroatoms. The van der Waals surface area contributed by atoms with Crippen molar-refractivity contribution in [2.75, 3.05) is 18.9 Å². The Morgan fingerprint density at radius 1 is 1.40 bits per heavy atom. The monoisotopic (exact) mass is 277 g/mol. The second-order valence-electron chi connectivity index (χ2n) is 6.01. The smallest absolute Gasteiger partial charge is 0.274 e. The van der Waals surface area contributed by atoms with Crippen molar-refractivity contribution in [2.45, 2.75) is 39.3 Å². The van der Waals surface area contributed by atoms with Crippen LogP contribution < -0.4 is 5.32 Å². The maximum atomic E-state index is 11.0. The first-order valence-corrected chi connectivity index (χ1v) is 7.10. The van der Waals surface area contributed by atoms with Crippen LogP contribution in [0.4, 0.5) is 11.4 Å². The van der Waals surface area contributed by atoms with Crippen LogP contribution in [0.5, 0.6) is 0 Å². The average molecular weight is 277 g/mol. The summed E-state index contributed by atoms with van der Waals surface area (Å²) in [5.74, 6) is 0.525. The summed E-state index contributed by atoms with van der Waals surface area (Å²) in [6.07, 6.45) is 1.05. The number of hydrogen-bond acceptors (Lipinski definition) is 4. The van der Waals surface area contributed by atoms with Crippen LogP contribution in [-0.4, -0.2) is 35.5 Å². The Balaban J connectivity index is 2.14. The summed E-state index contributed by atoms with van der Waals surface area (Å²) in [4.78, 5) is 13.0. The van der Waals surface area contributed by atoms with Gasteiger partial charge < -0.3 is 10.2 Å². The van der Waals surface area contributed by atoms with Gasteiger partial charge in [0.25, 0.3) is 5.69 Å². The van der Waals surface area contributed by atoms with E-state index in [9.17, 15) is 10.1 Å². The third kappa shape index (κ3) is 3.10. The van der Waals surface area contributed by atoms with E-state index in [1.165, 1.54) is 0 Å². The molecule has 1 fully saturated rings. The highest BCUT2D eigenvalue weighted by Gasteiger charge is 2.29. The number of rotatable bonds is 3. The van der Waals surface area contributed by atoms with Gasteiger partial charge in [0.1, 0.15) is 0 Å². The fraction of sp³-hybridized carbons (Fsp3) is 0.600. The molecule has 0 saturated carbocycles. The summed E-state index contributed by atoms with van der Waals surface area (Å²) in [7, 11) is 2.15. The first-order chi connectivity index (χ1) is 9.38. The highest BCUT2D eigenvalue weighted by molar-refractivity contribution is 5.55. The molecule has 3 atom stereocenters. The quantitative estimate of drug-likeness (QED) is 0.681. The molecule has 0 spiro atoms. The van der Waals surface area contributed by atoms with Crippen molar-refractivity contribution in [2.24, 2.45) is 5.92 Å². The highest BCUT2D eigenvalue weighted by atomic mass is 16.6. The molecule has 1 N–H and O–H groups in total. The minimum absolute atomic E-state index is 0.184. The number of hydrogen-bond donors (Lipinski definition) is 1. The van der Waals surface area contributed by atoms with Crippen molar-refractivity contribution in [3.63, 3.8) is 0 Å². The number of aryl methyl sites for hydroxylation is 1. The molecule has 3 unspecified atom stereocenters. The van der Waals surface area contributed by atoms with Crippen LogP contribution in [-0.2, 0) is 0 Å². The summed E-state index contributed by atoms with van der Waals surface area (Å²) < 4.78 is 0. The zero-order valence-electron chi connectivity index (χ0n) is 12.6. The van der Waals surface area contributed by atoms with Crippen LogP contribution in [0.1, 0.15) is 25.8 Å². The van der Waals surface area contributed by atoms with Crippen LogP contribution in [0.15, 0.2) is 18.2 Å². The van der Waals surface area contributed by atoms with Crippen LogP contribution >= 0.6 is 0 Å². The van der Waals surface area contributed by atoms with Gasteiger partial charge in [-0.1, -0.05) is 13.0 Å². The molecule has 1 saturated heterocycles. The van der Waals surface area contributed by atoms with Crippen LogP contribution in [0.2, 0.25) is 0 Å². The molecule has 1 aromatic rings. The van der Waals surface area contributed by atoms with Gasteiger partial charge >= 0.3 is 0 Å². The number of anilines is 1. The summed E-state index contributed by atoms with van der Waals surface area (Å²) in [6, 6.07) is 6.28. The molecule has 2 rings (SSSR count). The van der Waals surface area contributed by atoms with E-state index in [2.05, 4.69) is 31.1 Å². The second kappa shape index (κ2) is 5.79. The van der Waals surface area contributed by atoms with E-state index >= 15 is 0 Å². The molecule has 0 aromatic heterocycles. The van der Waals surface area contributed by atoms with Gasteiger partial charge in [0.05, 0.1) is 4.92 Å². The van der Waals surface area contributed by atoms with Gasteiger partial charge in [0.2, 0.25) is 0 Å². The van der Waals surface area contributed by atoms with E-state index < -0.39 is 0 Å². The molecule has 1 aromatic carbocycles. The van der Waals surface area contributed by atoms with Gasteiger partial charge in [0, 0.05) is 35.9 Å². The Morgan fingerprint density at radius 2 is 2.10 bits per heavy atom. The molecule has 0 bridgehead atoms. The van der Waals surface area contributed by atoms with Crippen molar-refractivity contribution in [1.29, 1.82) is 0 Å². The summed E-state index contributed by atoms with van der Waals surface area (Å²) in [5.41, 5.74) is 1.73. The number of nitrogens with zero attached hydrogens (tertiary/aromatic N) is 2. The van der Waals surface area contributed by atoms with Gasteiger partial charge in [-0.2, -0.15) is 0 Å². The van der Waals surface area contributed by atoms with E-state index in [4.69, 9.17) is 0 Å². The molecule has 0 amide bonds. The topological polar surface area (TPSA) is 58.4 Å². The minimum atomic E-state index is -0.318. The largest absolute Gasteiger partial charge is 0.382 e. The van der Waals surface area contributed by atoms with Crippen molar-refractivity contribution in [3.05, 3.63) is 33.9 Å². The van der Waals surface area contributed by atoms with Crippen LogP contribution in [0.3, 0.4) is 0 Å². The zero-order chi connectivity index (χ0) is 14.9. The Labute approximate surface area is 120 Å². The summed E-state index contributed by atoms with van der Waals surface area (Å²) in [5, 5.41) is 14.5. The van der Waals surface area contributed by atoms with Gasteiger partial charge in [-0.3, -0.25) is 10.1 Å². The Kier molecular flexibility index (Phi) is 4.28. The predicted octanol–water partition coefficient (Wildman–Crippen LogP) is 3.04. The second-order valence-corrected chi connectivity index (χ2v) is 6.01. The van der Waals surface area contributed by atoms with Gasteiger partial charge in [-0.25, -0.2) is 0 Å². The maximum Gasteiger partial charge on any atom is 0.274 e. The van der Waals surface area contributed by atoms with Crippen molar-refractivity contribution >= 4 is 11.4 Å². The van der Waals surface area contributed by atoms with Crippen molar-refractivity contribution in [1.82, 2.24) is 4.90 Å².